The number of nitro groups is 1. The van der Waals surface area contributed by atoms with Gasteiger partial charge in [-0.25, -0.2) is 5.43 Å². The highest BCUT2D eigenvalue weighted by Gasteiger charge is 2.16. The maximum absolute atomic E-state index is 12.1. The molecule has 2 aromatic carbocycles. The van der Waals surface area contributed by atoms with Crippen molar-refractivity contribution in [3.8, 4) is 11.5 Å². The summed E-state index contributed by atoms with van der Waals surface area (Å²) in [5.41, 5.74) is 2.75. The number of nitro benzene ring substituents is 1. The minimum atomic E-state index is -0.653. The first-order valence-corrected chi connectivity index (χ1v) is 9.01. The van der Waals surface area contributed by atoms with Crippen LogP contribution in [0.3, 0.4) is 0 Å². The second kappa shape index (κ2) is 10.3. The number of hydrogen-bond donors (Lipinski definition) is 1. The Hall–Kier alpha value is -3.13. The van der Waals surface area contributed by atoms with Crippen LogP contribution in [0.2, 0.25) is 5.02 Å². The molecule has 0 radical (unpaired) electrons. The van der Waals surface area contributed by atoms with Gasteiger partial charge in [-0.1, -0.05) is 18.5 Å². The minimum Gasteiger partial charge on any atom is -0.490 e. The smallest absolute Gasteiger partial charge is 0.288 e. The number of carbonyl (C=O) groups excluding carboxylic acids is 1. The molecule has 1 amide bonds. The Labute approximate surface area is 167 Å². The van der Waals surface area contributed by atoms with Gasteiger partial charge in [0.15, 0.2) is 11.5 Å². The summed E-state index contributed by atoms with van der Waals surface area (Å²) in [6.07, 6.45) is 2.32. The van der Waals surface area contributed by atoms with Crippen LogP contribution in [0.1, 0.15) is 36.2 Å². The van der Waals surface area contributed by atoms with E-state index < -0.39 is 10.8 Å². The zero-order chi connectivity index (χ0) is 20.5. The zero-order valence-electron chi connectivity index (χ0n) is 15.5. The molecule has 2 aromatic rings. The maximum Gasteiger partial charge on any atom is 0.288 e. The van der Waals surface area contributed by atoms with Gasteiger partial charge in [0.25, 0.3) is 11.6 Å². The van der Waals surface area contributed by atoms with Crippen LogP contribution in [0.5, 0.6) is 11.5 Å². The third-order valence-corrected chi connectivity index (χ3v) is 3.83. The number of amides is 1. The molecule has 0 atom stereocenters. The fourth-order valence-corrected chi connectivity index (χ4v) is 2.41. The van der Waals surface area contributed by atoms with Gasteiger partial charge < -0.3 is 9.47 Å². The monoisotopic (exact) mass is 405 g/mol. The van der Waals surface area contributed by atoms with Gasteiger partial charge in [-0.05, 0) is 49.2 Å². The number of hydrogen-bond acceptors (Lipinski definition) is 6. The van der Waals surface area contributed by atoms with E-state index in [2.05, 4.69) is 10.5 Å². The van der Waals surface area contributed by atoms with Crippen molar-refractivity contribution in [2.45, 2.75) is 20.3 Å². The van der Waals surface area contributed by atoms with E-state index in [-0.39, 0.29) is 16.3 Å². The predicted molar refractivity (Wildman–Crippen MR) is 107 cm³/mol. The SMILES string of the molecule is CCCOc1ccc(/C=N\NC(=O)c2ccc(Cl)c([N+](=O)[O-])c2)cc1OCC. The van der Waals surface area contributed by atoms with Gasteiger partial charge in [0.2, 0.25) is 0 Å². The molecule has 8 nitrogen and oxygen atoms in total. The molecular weight excluding hydrogens is 386 g/mol. The van der Waals surface area contributed by atoms with E-state index in [1.807, 2.05) is 13.8 Å². The normalized spacial score (nSPS) is 10.7. The lowest BCUT2D eigenvalue weighted by atomic mass is 10.2. The molecule has 0 aliphatic rings. The van der Waals surface area contributed by atoms with Gasteiger partial charge in [0.1, 0.15) is 5.02 Å². The third-order valence-electron chi connectivity index (χ3n) is 3.51. The Morgan fingerprint density at radius 2 is 2.00 bits per heavy atom. The number of nitrogens with one attached hydrogen (secondary N) is 1. The molecule has 0 saturated heterocycles. The second-order valence-electron chi connectivity index (χ2n) is 5.61. The third kappa shape index (κ3) is 5.68. The summed E-state index contributed by atoms with van der Waals surface area (Å²) in [4.78, 5) is 22.4. The molecule has 0 bridgehead atoms. The first-order valence-electron chi connectivity index (χ1n) is 8.63. The van der Waals surface area contributed by atoms with E-state index in [9.17, 15) is 14.9 Å². The van der Waals surface area contributed by atoms with Crippen molar-refractivity contribution < 1.29 is 19.2 Å². The molecule has 2 rings (SSSR count). The molecular formula is C19H20ClN3O5. The van der Waals surface area contributed by atoms with Crippen LogP contribution in [0, 0.1) is 10.1 Å². The van der Waals surface area contributed by atoms with Crippen LogP contribution in [0.25, 0.3) is 0 Å². The number of halogens is 1. The standard InChI is InChI=1S/C19H20ClN3O5/c1-3-9-28-17-8-5-13(10-18(17)27-4-2)12-21-22-19(24)14-6-7-15(20)16(11-14)23(25)26/h5-8,10-12H,3-4,9H2,1-2H3,(H,22,24)/b21-12-. The second-order valence-corrected chi connectivity index (χ2v) is 6.02. The summed E-state index contributed by atoms with van der Waals surface area (Å²) < 4.78 is 11.2. The number of benzene rings is 2. The van der Waals surface area contributed by atoms with Crippen LogP contribution >= 0.6 is 11.6 Å². The van der Waals surface area contributed by atoms with Crippen molar-refractivity contribution in [3.05, 3.63) is 62.7 Å². The van der Waals surface area contributed by atoms with Gasteiger partial charge in [-0.2, -0.15) is 5.10 Å². The van der Waals surface area contributed by atoms with Crippen molar-refractivity contribution in [2.75, 3.05) is 13.2 Å². The highest BCUT2D eigenvalue weighted by Crippen LogP contribution is 2.28. The van der Waals surface area contributed by atoms with Gasteiger partial charge >= 0.3 is 0 Å². The number of carbonyl (C=O) groups is 1. The molecule has 1 N–H and O–H groups in total. The Bertz CT molecular complexity index is 886. The predicted octanol–water partition coefficient (Wildman–Crippen LogP) is 4.20. The van der Waals surface area contributed by atoms with Crippen molar-refractivity contribution >= 4 is 29.4 Å². The van der Waals surface area contributed by atoms with E-state index >= 15 is 0 Å². The fourth-order valence-electron chi connectivity index (χ4n) is 2.23. The van der Waals surface area contributed by atoms with E-state index in [0.29, 0.717) is 30.3 Å². The van der Waals surface area contributed by atoms with Crippen LogP contribution in [0.15, 0.2) is 41.5 Å². The molecule has 0 unspecified atom stereocenters. The molecule has 9 heteroatoms. The molecule has 28 heavy (non-hydrogen) atoms. The summed E-state index contributed by atoms with van der Waals surface area (Å²) in [7, 11) is 0. The van der Waals surface area contributed by atoms with E-state index in [1.54, 1.807) is 18.2 Å². The first kappa shape index (κ1) is 21.2. The van der Waals surface area contributed by atoms with Gasteiger partial charge in [-0.3, -0.25) is 14.9 Å². The van der Waals surface area contributed by atoms with Crippen molar-refractivity contribution in [2.24, 2.45) is 5.10 Å². The Morgan fingerprint density at radius 1 is 1.21 bits per heavy atom. The van der Waals surface area contributed by atoms with Gasteiger partial charge in [-0.15, -0.1) is 0 Å². The van der Waals surface area contributed by atoms with Crippen LogP contribution in [-0.4, -0.2) is 30.3 Å². The van der Waals surface area contributed by atoms with E-state index in [0.717, 1.165) is 12.5 Å². The molecule has 148 valence electrons. The molecule has 0 saturated carbocycles. The lowest BCUT2D eigenvalue weighted by molar-refractivity contribution is -0.384. The topological polar surface area (TPSA) is 103 Å². The summed E-state index contributed by atoms with van der Waals surface area (Å²) in [6.45, 7) is 4.95. The zero-order valence-corrected chi connectivity index (χ0v) is 16.2. The Morgan fingerprint density at radius 3 is 2.68 bits per heavy atom. The molecule has 0 heterocycles. The van der Waals surface area contributed by atoms with Crippen molar-refractivity contribution in [1.29, 1.82) is 0 Å². The summed E-state index contributed by atoms with van der Waals surface area (Å²) in [5, 5.41) is 14.8. The van der Waals surface area contributed by atoms with Crippen molar-refractivity contribution in [1.82, 2.24) is 5.43 Å². The number of rotatable bonds is 9. The molecule has 0 fully saturated rings. The molecule has 0 spiro atoms. The van der Waals surface area contributed by atoms with E-state index in [4.69, 9.17) is 21.1 Å². The quantitative estimate of drug-likeness (QED) is 0.382. The van der Waals surface area contributed by atoms with Gasteiger partial charge in [0.05, 0.1) is 24.4 Å². The molecule has 0 aliphatic carbocycles. The summed E-state index contributed by atoms with van der Waals surface area (Å²) in [5.74, 6) is 0.627. The molecule has 0 aromatic heterocycles. The Kier molecular flexibility index (Phi) is 7.76. The maximum atomic E-state index is 12.1. The van der Waals surface area contributed by atoms with Crippen LogP contribution in [0.4, 0.5) is 5.69 Å². The highest BCUT2D eigenvalue weighted by atomic mass is 35.5. The Balaban J connectivity index is 2.09. The van der Waals surface area contributed by atoms with Gasteiger partial charge in [0, 0.05) is 11.6 Å². The van der Waals surface area contributed by atoms with E-state index in [1.165, 1.54) is 18.3 Å². The average Bonchev–Trinajstić information content (AvgIpc) is 2.67. The highest BCUT2D eigenvalue weighted by molar-refractivity contribution is 6.32. The summed E-state index contributed by atoms with van der Waals surface area (Å²) >= 11 is 5.74. The van der Waals surface area contributed by atoms with Crippen LogP contribution in [-0.2, 0) is 0 Å². The lowest BCUT2D eigenvalue weighted by Gasteiger charge is -2.11. The number of nitrogens with zero attached hydrogens (tertiary/aromatic N) is 2. The molecule has 0 aliphatic heterocycles. The summed E-state index contributed by atoms with van der Waals surface area (Å²) in [6, 6.07) is 9.06. The first-order chi connectivity index (χ1) is 13.5. The fraction of sp³-hybridized carbons (Fsp3) is 0.263. The van der Waals surface area contributed by atoms with Crippen LogP contribution < -0.4 is 14.9 Å². The number of ether oxygens (including phenoxy) is 2. The minimum absolute atomic E-state index is 0.0427. The largest absolute Gasteiger partial charge is 0.490 e. The lowest BCUT2D eigenvalue weighted by Crippen LogP contribution is -2.17. The van der Waals surface area contributed by atoms with Crippen molar-refractivity contribution in [3.63, 3.8) is 0 Å². The number of hydrazone groups is 1. The average molecular weight is 406 g/mol.